The molecule has 5 heteroatoms. The molecule has 0 radical (unpaired) electrons. The molecule has 3 nitrogen and oxygen atoms in total. The molecule has 1 aromatic heterocycles. The molecule has 0 spiro atoms. The van der Waals surface area contributed by atoms with E-state index in [2.05, 4.69) is 10.9 Å². The Morgan fingerprint density at radius 3 is 2.45 bits per heavy atom. The zero-order chi connectivity index (χ0) is 14.9. The van der Waals surface area contributed by atoms with E-state index in [-0.39, 0.29) is 5.92 Å². The lowest BCUT2D eigenvalue weighted by Gasteiger charge is -2.08. The lowest BCUT2D eigenvalue weighted by Crippen LogP contribution is -2.07. The summed E-state index contributed by atoms with van der Waals surface area (Å²) < 4.78 is 1.82. The SMILES string of the molecule is C#CCn1c(C(C)C)nc(-c2c(Cl)cccc2Cl)c1N. The summed E-state index contributed by atoms with van der Waals surface area (Å²) >= 11 is 12.4. The molecule has 1 aromatic carbocycles. The molecule has 0 aliphatic carbocycles. The van der Waals surface area contributed by atoms with Gasteiger partial charge in [-0.3, -0.25) is 0 Å². The Kier molecular flexibility index (Phi) is 4.27. The van der Waals surface area contributed by atoms with Crippen molar-refractivity contribution in [1.29, 1.82) is 0 Å². The van der Waals surface area contributed by atoms with Crippen molar-refractivity contribution in [3.05, 3.63) is 34.1 Å². The monoisotopic (exact) mass is 307 g/mol. The molecular weight excluding hydrogens is 293 g/mol. The van der Waals surface area contributed by atoms with Gasteiger partial charge >= 0.3 is 0 Å². The van der Waals surface area contributed by atoms with E-state index in [4.69, 9.17) is 35.4 Å². The molecule has 0 aliphatic heterocycles. The Labute approximate surface area is 128 Å². The van der Waals surface area contributed by atoms with E-state index < -0.39 is 0 Å². The lowest BCUT2D eigenvalue weighted by atomic mass is 10.1. The topological polar surface area (TPSA) is 43.8 Å². The summed E-state index contributed by atoms with van der Waals surface area (Å²) in [5, 5.41) is 1.04. The summed E-state index contributed by atoms with van der Waals surface area (Å²) in [6.07, 6.45) is 5.40. The second-order valence-electron chi connectivity index (χ2n) is 4.75. The van der Waals surface area contributed by atoms with Crippen molar-refractivity contribution in [2.45, 2.75) is 26.3 Å². The number of nitrogens with zero attached hydrogens (tertiary/aromatic N) is 2. The van der Waals surface area contributed by atoms with Crippen molar-refractivity contribution in [1.82, 2.24) is 9.55 Å². The number of hydrogen-bond donors (Lipinski definition) is 1. The van der Waals surface area contributed by atoms with Crippen molar-refractivity contribution in [2.24, 2.45) is 0 Å². The highest BCUT2D eigenvalue weighted by atomic mass is 35.5. The molecule has 2 aromatic rings. The van der Waals surface area contributed by atoms with Crippen LogP contribution in [0, 0.1) is 12.3 Å². The van der Waals surface area contributed by atoms with Crippen LogP contribution in [0.15, 0.2) is 18.2 Å². The van der Waals surface area contributed by atoms with Crippen LogP contribution in [0.1, 0.15) is 25.6 Å². The highest BCUT2D eigenvalue weighted by molar-refractivity contribution is 6.39. The Morgan fingerprint density at radius 1 is 1.35 bits per heavy atom. The second kappa shape index (κ2) is 5.78. The number of nitrogen functional groups attached to an aromatic ring is 1. The van der Waals surface area contributed by atoms with Gasteiger partial charge in [-0.05, 0) is 12.1 Å². The number of rotatable bonds is 3. The highest BCUT2D eigenvalue weighted by Crippen LogP contribution is 2.38. The van der Waals surface area contributed by atoms with E-state index in [1.165, 1.54) is 0 Å². The maximum Gasteiger partial charge on any atom is 0.132 e. The summed E-state index contributed by atoms with van der Waals surface area (Å²) in [6, 6.07) is 5.31. The van der Waals surface area contributed by atoms with Crippen LogP contribution >= 0.6 is 23.2 Å². The number of terminal acetylenes is 1. The Bertz CT molecular complexity index is 661. The van der Waals surface area contributed by atoms with Crippen LogP contribution in [-0.2, 0) is 6.54 Å². The molecule has 20 heavy (non-hydrogen) atoms. The second-order valence-corrected chi connectivity index (χ2v) is 5.56. The normalized spacial score (nSPS) is 10.8. The third-order valence-corrected chi connectivity index (χ3v) is 3.63. The summed E-state index contributed by atoms with van der Waals surface area (Å²) in [4.78, 5) is 4.59. The fourth-order valence-electron chi connectivity index (χ4n) is 2.09. The number of benzene rings is 1. The Balaban J connectivity index is 2.70. The first-order chi connectivity index (χ1) is 9.47. The van der Waals surface area contributed by atoms with Crippen LogP contribution in [0.4, 0.5) is 5.82 Å². The first-order valence-corrected chi connectivity index (χ1v) is 6.96. The molecule has 0 saturated carbocycles. The van der Waals surface area contributed by atoms with E-state index in [0.717, 1.165) is 5.82 Å². The van der Waals surface area contributed by atoms with Gasteiger partial charge in [0, 0.05) is 11.5 Å². The zero-order valence-corrected chi connectivity index (χ0v) is 12.8. The summed E-state index contributed by atoms with van der Waals surface area (Å²) in [5.41, 5.74) is 7.41. The molecule has 1 heterocycles. The zero-order valence-electron chi connectivity index (χ0n) is 11.3. The average molecular weight is 308 g/mol. The van der Waals surface area contributed by atoms with E-state index in [0.29, 0.717) is 33.7 Å². The highest BCUT2D eigenvalue weighted by Gasteiger charge is 2.21. The van der Waals surface area contributed by atoms with Crippen molar-refractivity contribution < 1.29 is 0 Å². The molecular formula is C15H15Cl2N3. The van der Waals surface area contributed by atoms with Crippen molar-refractivity contribution in [2.75, 3.05) is 5.73 Å². The van der Waals surface area contributed by atoms with Crippen molar-refractivity contribution in [3.8, 4) is 23.6 Å². The van der Waals surface area contributed by atoms with Gasteiger partial charge in [0.1, 0.15) is 17.3 Å². The number of anilines is 1. The van der Waals surface area contributed by atoms with Gasteiger partial charge in [-0.15, -0.1) is 6.42 Å². The van der Waals surface area contributed by atoms with Gasteiger partial charge in [-0.2, -0.15) is 0 Å². The Morgan fingerprint density at radius 2 is 1.95 bits per heavy atom. The van der Waals surface area contributed by atoms with Gasteiger partial charge < -0.3 is 10.3 Å². The molecule has 0 bridgehead atoms. The van der Waals surface area contributed by atoms with Gasteiger partial charge in [0.05, 0.1) is 16.6 Å². The van der Waals surface area contributed by atoms with Gasteiger partial charge in [-0.25, -0.2) is 4.98 Å². The maximum atomic E-state index is 6.22. The van der Waals surface area contributed by atoms with Crippen LogP contribution < -0.4 is 5.73 Å². The van der Waals surface area contributed by atoms with E-state index in [1.54, 1.807) is 18.2 Å². The van der Waals surface area contributed by atoms with Crippen LogP contribution in [0.25, 0.3) is 11.3 Å². The largest absolute Gasteiger partial charge is 0.383 e. The molecule has 104 valence electrons. The first kappa shape index (κ1) is 14.8. The molecule has 0 fully saturated rings. The molecule has 0 unspecified atom stereocenters. The maximum absolute atomic E-state index is 6.22. The smallest absolute Gasteiger partial charge is 0.132 e. The fraction of sp³-hybridized carbons (Fsp3) is 0.267. The molecule has 0 aliphatic rings. The van der Waals surface area contributed by atoms with Gasteiger partial charge in [0.2, 0.25) is 0 Å². The quantitative estimate of drug-likeness (QED) is 0.864. The summed E-state index contributed by atoms with van der Waals surface area (Å²) in [6.45, 7) is 4.44. The van der Waals surface area contributed by atoms with Crippen LogP contribution in [-0.4, -0.2) is 9.55 Å². The number of imidazole rings is 1. The number of nitrogens with two attached hydrogens (primary N) is 1. The van der Waals surface area contributed by atoms with E-state index >= 15 is 0 Å². The number of hydrogen-bond acceptors (Lipinski definition) is 2. The van der Waals surface area contributed by atoms with Crippen LogP contribution in [0.3, 0.4) is 0 Å². The third kappa shape index (κ3) is 2.49. The minimum atomic E-state index is 0.195. The summed E-state index contributed by atoms with van der Waals surface area (Å²) in [7, 11) is 0. The van der Waals surface area contributed by atoms with E-state index in [9.17, 15) is 0 Å². The minimum Gasteiger partial charge on any atom is -0.383 e. The van der Waals surface area contributed by atoms with Crippen LogP contribution in [0.2, 0.25) is 10.0 Å². The van der Waals surface area contributed by atoms with Gasteiger partial charge in [0.25, 0.3) is 0 Å². The third-order valence-electron chi connectivity index (χ3n) is 3.00. The number of halogens is 2. The van der Waals surface area contributed by atoms with Crippen LogP contribution in [0.5, 0.6) is 0 Å². The standard InChI is InChI=1S/C15H15Cl2N3/c1-4-8-20-14(18)13(19-15(20)9(2)3)12-10(16)6-5-7-11(12)17/h1,5-7,9H,8,18H2,2-3H3. The van der Waals surface area contributed by atoms with E-state index in [1.807, 2.05) is 18.4 Å². The fourth-order valence-corrected chi connectivity index (χ4v) is 2.67. The van der Waals surface area contributed by atoms with Crippen molar-refractivity contribution in [3.63, 3.8) is 0 Å². The molecule has 2 rings (SSSR count). The van der Waals surface area contributed by atoms with Gasteiger partial charge in [0.15, 0.2) is 0 Å². The predicted octanol–water partition coefficient (Wildman–Crippen LogP) is 4.20. The molecule has 0 saturated heterocycles. The molecule has 2 N–H and O–H groups in total. The molecule has 0 amide bonds. The van der Waals surface area contributed by atoms with Crippen molar-refractivity contribution >= 4 is 29.0 Å². The summed E-state index contributed by atoms with van der Waals surface area (Å²) in [5.74, 6) is 4.10. The lowest BCUT2D eigenvalue weighted by molar-refractivity contribution is 0.691. The average Bonchev–Trinajstić information content (AvgIpc) is 2.69. The first-order valence-electron chi connectivity index (χ1n) is 6.21. The predicted molar refractivity (Wildman–Crippen MR) is 85.0 cm³/mol. The van der Waals surface area contributed by atoms with Gasteiger partial charge in [-0.1, -0.05) is 49.0 Å². The number of aromatic nitrogens is 2. The minimum absolute atomic E-state index is 0.195. The Hall–Kier alpha value is -1.63. The molecule has 0 atom stereocenters.